The molecular formula is C4H8N6O4. The number of rotatable bonds is 2. The lowest BCUT2D eigenvalue weighted by Crippen LogP contribution is -2.23. The summed E-state index contributed by atoms with van der Waals surface area (Å²) in [6, 6.07) is 0. The Kier molecular flexibility index (Phi) is 2.89. The highest BCUT2D eigenvalue weighted by Gasteiger charge is 2.31. The topological polar surface area (TPSA) is 141 Å². The van der Waals surface area contributed by atoms with Crippen molar-refractivity contribution in [2.24, 2.45) is 10.6 Å². The highest BCUT2D eigenvalue weighted by Crippen LogP contribution is 2.05. The van der Waals surface area contributed by atoms with Crippen molar-refractivity contribution in [1.82, 2.24) is 10.6 Å². The summed E-state index contributed by atoms with van der Waals surface area (Å²) in [6.45, 7) is 0.995. The third-order valence-electron chi connectivity index (χ3n) is 1.48. The van der Waals surface area contributed by atoms with Crippen molar-refractivity contribution in [1.29, 1.82) is 0 Å². The standard InChI is InChI=1S/C4H8N6O4/c11-7-9(13)4(10(14)8-12)3-5-1-2-6-3/h5-6,11-12H,1-2H2. The van der Waals surface area contributed by atoms with E-state index < -0.39 is 5.82 Å². The zero-order valence-electron chi connectivity index (χ0n) is 6.91. The van der Waals surface area contributed by atoms with Gasteiger partial charge in [-0.15, -0.1) is 0 Å². The molecule has 0 unspecified atom stereocenters. The molecule has 1 fully saturated rings. The lowest BCUT2D eigenvalue weighted by atomic mass is 10.6. The van der Waals surface area contributed by atoms with Crippen LogP contribution in [0.5, 0.6) is 0 Å². The molecule has 10 heteroatoms. The van der Waals surface area contributed by atoms with Gasteiger partial charge < -0.3 is 31.5 Å². The van der Waals surface area contributed by atoms with Gasteiger partial charge >= 0.3 is 5.82 Å². The second kappa shape index (κ2) is 4.11. The van der Waals surface area contributed by atoms with Gasteiger partial charge in [-0.1, -0.05) is 0 Å². The summed E-state index contributed by atoms with van der Waals surface area (Å²) in [5.74, 6) is -0.655. The summed E-state index contributed by atoms with van der Waals surface area (Å²) in [5, 5.41) is 47.8. The van der Waals surface area contributed by atoms with Crippen LogP contribution < -0.4 is 10.6 Å². The van der Waals surface area contributed by atoms with E-state index in [0.29, 0.717) is 13.1 Å². The fraction of sp³-hybridized carbons (Fsp3) is 0.500. The average Bonchev–Trinajstić information content (AvgIpc) is 2.70. The monoisotopic (exact) mass is 204 g/mol. The molecule has 0 spiro atoms. The summed E-state index contributed by atoms with van der Waals surface area (Å²) in [6.07, 6.45) is 0. The zero-order valence-corrected chi connectivity index (χ0v) is 6.91. The lowest BCUT2D eigenvalue weighted by Gasteiger charge is -2.01. The Labute approximate surface area is 77.5 Å². The molecule has 14 heavy (non-hydrogen) atoms. The second-order valence-corrected chi connectivity index (χ2v) is 2.28. The van der Waals surface area contributed by atoms with Gasteiger partial charge in [-0.3, -0.25) is 0 Å². The van der Waals surface area contributed by atoms with Crippen LogP contribution in [0, 0.1) is 10.4 Å². The second-order valence-electron chi connectivity index (χ2n) is 2.28. The first kappa shape index (κ1) is 9.83. The highest BCUT2D eigenvalue weighted by molar-refractivity contribution is 5.01. The molecule has 0 radical (unpaired) electrons. The van der Waals surface area contributed by atoms with E-state index in [2.05, 4.69) is 21.2 Å². The summed E-state index contributed by atoms with van der Waals surface area (Å²) >= 11 is 0. The summed E-state index contributed by atoms with van der Waals surface area (Å²) in [5.41, 5.74) is 0. The fourth-order valence-electron chi connectivity index (χ4n) is 0.945. The first-order chi connectivity index (χ1) is 6.70. The predicted octanol–water partition coefficient (Wildman–Crippen LogP) is -0.991. The van der Waals surface area contributed by atoms with Gasteiger partial charge in [0.2, 0.25) is 10.6 Å². The maximum absolute atomic E-state index is 10.8. The van der Waals surface area contributed by atoms with Crippen molar-refractivity contribution in [3.05, 3.63) is 22.1 Å². The molecule has 1 saturated heterocycles. The van der Waals surface area contributed by atoms with E-state index >= 15 is 0 Å². The number of nitrogens with one attached hydrogen (secondary N) is 2. The van der Waals surface area contributed by atoms with Crippen LogP contribution in [0.25, 0.3) is 0 Å². The van der Waals surface area contributed by atoms with Crippen molar-refractivity contribution in [3.8, 4) is 0 Å². The van der Waals surface area contributed by atoms with Crippen LogP contribution in [0.1, 0.15) is 0 Å². The number of hydrogen-bond acceptors (Lipinski definition) is 6. The average molecular weight is 204 g/mol. The van der Waals surface area contributed by atoms with Crippen molar-refractivity contribution in [2.75, 3.05) is 13.1 Å². The van der Waals surface area contributed by atoms with Crippen LogP contribution in [-0.2, 0) is 0 Å². The molecule has 78 valence electrons. The third kappa shape index (κ3) is 1.73. The summed E-state index contributed by atoms with van der Waals surface area (Å²) in [4.78, 5) is -0.763. The first-order valence-corrected chi connectivity index (χ1v) is 3.57. The summed E-state index contributed by atoms with van der Waals surface area (Å²) in [7, 11) is 0. The number of hydrogen-bond donors (Lipinski definition) is 4. The Balaban J connectivity index is 3.10. The van der Waals surface area contributed by atoms with Gasteiger partial charge in [-0.25, -0.2) is 0 Å². The SMILES string of the molecule is [O-][N+](=NO)C(=C1NCCN1)[N+]([O-])=NO. The molecule has 10 nitrogen and oxygen atoms in total. The predicted molar refractivity (Wildman–Crippen MR) is 38.7 cm³/mol. The van der Waals surface area contributed by atoms with Gasteiger partial charge in [-0.2, -0.15) is 0 Å². The molecule has 0 amide bonds. The quantitative estimate of drug-likeness (QED) is 0.258. The molecular weight excluding hydrogens is 196 g/mol. The normalized spacial score (nSPS) is 17.6. The van der Waals surface area contributed by atoms with Crippen molar-refractivity contribution in [2.45, 2.75) is 0 Å². The lowest BCUT2D eigenvalue weighted by molar-refractivity contribution is -0.683. The van der Waals surface area contributed by atoms with Crippen molar-refractivity contribution >= 4 is 0 Å². The Morgan fingerprint density at radius 3 is 1.93 bits per heavy atom. The van der Waals surface area contributed by atoms with Crippen LogP contribution >= 0.6 is 0 Å². The van der Waals surface area contributed by atoms with E-state index in [9.17, 15) is 10.4 Å². The molecule has 0 bridgehead atoms. The molecule has 1 rings (SSSR count). The Morgan fingerprint density at radius 1 is 1.14 bits per heavy atom. The van der Waals surface area contributed by atoms with Crippen molar-refractivity contribution in [3.63, 3.8) is 0 Å². The molecule has 1 aliphatic rings. The van der Waals surface area contributed by atoms with E-state index in [-0.39, 0.29) is 15.5 Å². The van der Waals surface area contributed by atoms with Gasteiger partial charge in [0.1, 0.15) is 0 Å². The van der Waals surface area contributed by atoms with E-state index in [1.807, 2.05) is 0 Å². The maximum Gasteiger partial charge on any atom is 0.564 e. The zero-order chi connectivity index (χ0) is 10.6. The molecule has 0 aromatic carbocycles. The third-order valence-corrected chi connectivity index (χ3v) is 1.48. The molecule has 0 atom stereocenters. The minimum absolute atomic E-state index is 0.0330. The number of hydroxylamine groups is 2. The molecule has 0 aliphatic carbocycles. The Bertz CT molecular complexity index is 281. The van der Waals surface area contributed by atoms with Gasteiger partial charge in [0, 0.05) is 13.1 Å². The highest BCUT2D eigenvalue weighted by atomic mass is 16.6. The van der Waals surface area contributed by atoms with E-state index in [1.54, 1.807) is 0 Å². The maximum atomic E-state index is 10.8. The van der Waals surface area contributed by atoms with E-state index in [0.717, 1.165) is 0 Å². The Morgan fingerprint density at radius 2 is 1.57 bits per heavy atom. The first-order valence-electron chi connectivity index (χ1n) is 3.57. The Hall–Kier alpha value is -2.26. The minimum Gasteiger partial charge on any atom is -0.587 e. The van der Waals surface area contributed by atoms with Gasteiger partial charge in [0.25, 0.3) is 5.82 Å². The van der Waals surface area contributed by atoms with Gasteiger partial charge in [-0.05, 0) is 0 Å². The van der Waals surface area contributed by atoms with Gasteiger partial charge in [0.05, 0.1) is 9.72 Å². The molecule has 0 saturated carbocycles. The van der Waals surface area contributed by atoms with Crippen LogP contribution in [0.2, 0.25) is 0 Å². The van der Waals surface area contributed by atoms with Crippen LogP contribution in [0.4, 0.5) is 0 Å². The van der Waals surface area contributed by atoms with Crippen LogP contribution in [-0.4, -0.2) is 33.2 Å². The molecule has 4 N–H and O–H groups in total. The van der Waals surface area contributed by atoms with E-state index in [4.69, 9.17) is 10.4 Å². The fourth-order valence-corrected chi connectivity index (χ4v) is 0.945. The van der Waals surface area contributed by atoms with Crippen LogP contribution in [0.15, 0.2) is 22.2 Å². The van der Waals surface area contributed by atoms with Crippen LogP contribution in [0.3, 0.4) is 0 Å². The molecule has 1 aliphatic heterocycles. The van der Waals surface area contributed by atoms with Crippen molar-refractivity contribution < 1.29 is 20.1 Å². The smallest absolute Gasteiger partial charge is 0.564 e. The summed E-state index contributed by atoms with van der Waals surface area (Å²) < 4.78 is 0. The largest absolute Gasteiger partial charge is 0.587 e. The minimum atomic E-state index is -0.687. The van der Waals surface area contributed by atoms with E-state index in [1.165, 1.54) is 0 Å². The molecule has 1 heterocycles. The van der Waals surface area contributed by atoms with Gasteiger partial charge in [0.15, 0.2) is 0 Å². The molecule has 0 aromatic heterocycles. The molecule has 0 aromatic rings. The number of nitrogens with zero attached hydrogens (tertiary/aromatic N) is 4.